The van der Waals surface area contributed by atoms with Crippen LogP contribution in [0.1, 0.15) is 50.5 Å². The average molecular weight is 249 g/mol. The maximum atomic E-state index is 3.78. The van der Waals surface area contributed by atoms with Crippen LogP contribution in [-0.2, 0) is 6.42 Å². The maximum Gasteiger partial charge on any atom is 0.00684 e. The predicted molar refractivity (Wildman–Crippen MR) is 74.6 cm³/mol. The number of rotatable bonds is 5. The molecule has 0 atom stereocenters. The minimum atomic E-state index is 0.571. The molecule has 94 valence electrons. The second-order valence-electron chi connectivity index (χ2n) is 6.02. The molecule has 3 rings (SSSR count). The van der Waals surface area contributed by atoms with Crippen molar-refractivity contribution in [3.05, 3.63) is 22.4 Å². The lowest BCUT2D eigenvalue weighted by atomic mass is 9.70. The number of nitrogens with one attached hydrogen (secondary N) is 1. The summed E-state index contributed by atoms with van der Waals surface area (Å²) in [5.74, 6) is 0. The van der Waals surface area contributed by atoms with E-state index >= 15 is 0 Å². The zero-order chi connectivity index (χ0) is 11.6. The van der Waals surface area contributed by atoms with Gasteiger partial charge in [0.1, 0.15) is 0 Å². The van der Waals surface area contributed by atoms with Crippen molar-refractivity contribution < 1.29 is 0 Å². The molecule has 0 aliphatic heterocycles. The molecule has 1 aromatic rings. The van der Waals surface area contributed by atoms with Gasteiger partial charge >= 0.3 is 0 Å². The molecule has 2 aliphatic carbocycles. The van der Waals surface area contributed by atoms with E-state index < -0.39 is 0 Å². The van der Waals surface area contributed by atoms with Crippen LogP contribution >= 0.6 is 11.3 Å². The van der Waals surface area contributed by atoms with Crippen LogP contribution in [0.5, 0.6) is 0 Å². The standard InChI is InChI=1S/C15H23NS/c1-2-7-15(8-3-1,12-16-14-4-5-14)10-13-6-9-17-11-13/h6,9,11,14,16H,1-5,7-8,10,12H2. The van der Waals surface area contributed by atoms with E-state index in [0.29, 0.717) is 5.41 Å². The Morgan fingerprint density at radius 1 is 1.24 bits per heavy atom. The highest BCUT2D eigenvalue weighted by Gasteiger charge is 2.34. The van der Waals surface area contributed by atoms with Crippen molar-refractivity contribution in [2.45, 2.75) is 57.4 Å². The summed E-state index contributed by atoms with van der Waals surface area (Å²) in [4.78, 5) is 0. The van der Waals surface area contributed by atoms with Crippen molar-refractivity contribution in [1.29, 1.82) is 0 Å². The molecule has 0 amide bonds. The molecule has 0 unspecified atom stereocenters. The molecule has 1 nitrogen and oxygen atoms in total. The van der Waals surface area contributed by atoms with Crippen molar-refractivity contribution >= 4 is 11.3 Å². The van der Waals surface area contributed by atoms with Gasteiger partial charge in [-0.1, -0.05) is 19.3 Å². The van der Waals surface area contributed by atoms with E-state index in [1.165, 1.54) is 57.9 Å². The third-order valence-corrected chi connectivity index (χ3v) is 5.15. The highest BCUT2D eigenvalue weighted by atomic mass is 32.1. The molecule has 1 heterocycles. The van der Waals surface area contributed by atoms with Gasteiger partial charge in [-0.2, -0.15) is 11.3 Å². The van der Waals surface area contributed by atoms with Gasteiger partial charge in [0.05, 0.1) is 0 Å². The smallest absolute Gasteiger partial charge is 0.00684 e. The summed E-state index contributed by atoms with van der Waals surface area (Å²) >= 11 is 1.84. The highest BCUT2D eigenvalue weighted by molar-refractivity contribution is 7.07. The molecule has 0 aromatic carbocycles. The van der Waals surface area contributed by atoms with Gasteiger partial charge in [-0.15, -0.1) is 0 Å². The van der Waals surface area contributed by atoms with Crippen LogP contribution < -0.4 is 5.32 Å². The molecule has 2 saturated carbocycles. The fraction of sp³-hybridized carbons (Fsp3) is 0.733. The number of hydrogen-bond acceptors (Lipinski definition) is 2. The Labute approximate surface area is 109 Å². The zero-order valence-electron chi connectivity index (χ0n) is 10.6. The average Bonchev–Trinajstić information content (AvgIpc) is 3.06. The molecular formula is C15H23NS. The summed E-state index contributed by atoms with van der Waals surface area (Å²) in [5, 5.41) is 8.35. The SMILES string of the molecule is c1cc(CC2(CNC3CC3)CCCCC2)cs1. The van der Waals surface area contributed by atoms with Crippen LogP contribution in [0.25, 0.3) is 0 Å². The zero-order valence-corrected chi connectivity index (χ0v) is 11.4. The van der Waals surface area contributed by atoms with Gasteiger partial charge in [0, 0.05) is 12.6 Å². The molecule has 2 aliphatic rings. The van der Waals surface area contributed by atoms with E-state index in [4.69, 9.17) is 0 Å². The first-order valence-electron chi connectivity index (χ1n) is 7.11. The van der Waals surface area contributed by atoms with Gasteiger partial charge in [0.15, 0.2) is 0 Å². The van der Waals surface area contributed by atoms with Gasteiger partial charge < -0.3 is 5.32 Å². The van der Waals surface area contributed by atoms with Crippen LogP contribution in [-0.4, -0.2) is 12.6 Å². The van der Waals surface area contributed by atoms with E-state index in [-0.39, 0.29) is 0 Å². The maximum absolute atomic E-state index is 3.78. The number of thiophene rings is 1. The van der Waals surface area contributed by atoms with E-state index in [2.05, 4.69) is 22.1 Å². The first-order valence-corrected chi connectivity index (χ1v) is 8.05. The van der Waals surface area contributed by atoms with E-state index in [1.54, 1.807) is 5.56 Å². The fourth-order valence-corrected chi connectivity index (χ4v) is 3.86. The normalized spacial score (nSPS) is 23.8. The largest absolute Gasteiger partial charge is 0.313 e. The van der Waals surface area contributed by atoms with Gasteiger partial charge in [-0.3, -0.25) is 0 Å². The molecule has 2 fully saturated rings. The third kappa shape index (κ3) is 3.11. The topological polar surface area (TPSA) is 12.0 Å². The molecule has 0 saturated heterocycles. The summed E-state index contributed by atoms with van der Waals surface area (Å²) in [6.45, 7) is 1.26. The van der Waals surface area contributed by atoms with Crippen LogP contribution in [0.2, 0.25) is 0 Å². The van der Waals surface area contributed by atoms with Crippen molar-refractivity contribution in [2.75, 3.05) is 6.54 Å². The molecule has 17 heavy (non-hydrogen) atoms. The Balaban J connectivity index is 1.65. The summed E-state index contributed by atoms with van der Waals surface area (Å²) < 4.78 is 0. The van der Waals surface area contributed by atoms with Crippen LogP contribution in [0.4, 0.5) is 0 Å². The lowest BCUT2D eigenvalue weighted by Crippen LogP contribution is -2.38. The van der Waals surface area contributed by atoms with Crippen LogP contribution in [0.3, 0.4) is 0 Å². The van der Waals surface area contributed by atoms with Crippen molar-refractivity contribution in [3.63, 3.8) is 0 Å². The minimum Gasteiger partial charge on any atom is -0.313 e. The lowest BCUT2D eigenvalue weighted by Gasteiger charge is -2.37. The van der Waals surface area contributed by atoms with Crippen molar-refractivity contribution in [1.82, 2.24) is 5.32 Å². The molecular weight excluding hydrogens is 226 g/mol. The van der Waals surface area contributed by atoms with Crippen molar-refractivity contribution in [3.8, 4) is 0 Å². The fourth-order valence-electron chi connectivity index (χ4n) is 3.19. The van der Waals surface area contributed by atoms with Gasteiger partial charge in [-0.25, -0.2) is 0 Å². The second kappa shape index (κ2) is 5.11. The minimum absolute atomic E-state index is 0.571. The van der Waals surface area contributed by atoms with Crippen LogP contribution in [0.15, 0.2) is 16.8 Å². The van der Waals surface area contributed by atoms with Crippen molar-refractivity contribution in [2.24, 2.45) is 5.41 Å². The Bertz CT molecular complexity index is 334. The van der Waals surface area contributed by atoms with Gasteiger partial charge in [0.2, 0.25) is 0 Å². The quantitative estimate of drug-likeness (QED) is 0.832. The monoisotopic (exact) mass is 249 g/mol. The summed E-state index contributed by atoms with van der Waals surface area (Å²) in [6, 6.07) is 3.18. The Morgan fingerprint density at radius 3 is 2.71 bits per heavy atom. The summed E-state index contributed by atoms with van der Waals surface area (Å²) in [6.07, 6.45) is 11.3. The van der Waals surface area contributed by atoms with Gasteiger partial charge in [-0.05, 0) is 59.9 Å². The van der Waals surface area contributed by atoms with E-state index in [1.807, 2.05) is 11.3 Å². The third-order valence-electron chi connectivity index (χ3n) is 4.42. The molecule has 0 bridgehead atoms. The first kappa shape index (κ1) is 11.7. The first-order chi connectivity index (χ1) is 8.36. The van der Waals surface area contributed by atoms with E-state index in [0.717, 1.165) is 6.04 Å². The molecule has 0 spiro atoms. The second-order valence-corrected chi connectivity index (χ2v) is 6.80. The summed E-state index contributed by atoms with van der Waals surface area (Å²) in [7, 11) is 0. The Morgan fingerprint density at radius 2 is 2.06 bits per heavy atom. The van der Waals surface area contributed by atoms with Gasteiger partial charge in [0.25, 0.3) is 0 Å². The van der Waals surface area contributed by atoms with Crippen LogP contribution in [0, 0.1) is 5.41 Å². The highest BCUT2D eigenvalue weighted by Crippen LogP contribution is 2.39. The van der Waals surface area contributed by atoms with E-state index in [9.17, 15) is 0 Å². The molecule has 1 N–H and O–H groups in total. The number of hydrogen-bond donors (Lipinski definition) is 1. The Kier molecular flexibility index (Phi) is 3.53. The lowest BCUT2D eigenvalue weighted by molar-refractivity contribution is 0.180. The molecule has 1 aromatic heterocycles. The molecule has 2 heteroatoms. The predicted octanol–water partition coefficient (Wildman–Crippen LogP) is 3.99. The molecule has 0 radical (unpaired) electrons. The Hall–Kier alpha value is -0.340. The summed E-state index contributed by atoms with van der Waals surface area (Å²) in [5.41, 5.74) is 2.14.